The Labute approximate surface area is 134 Å². The number of carbonyl (C=O) groups is 1. The van der Waals surface area contributed by atoms with E-state index < -0.39 is 4.92 Å². The van der Waals surface area contributed by atoms with Gasteiger partial charge in [0.1, 0.15) is 0 Å². The van der Waals surface area contributed by atoms with Gasteiger partial charge in [-0.3, -0.25) is 14.9 Å². The third kappa shape index (κ3) is 3.85. The maximum absolute atomic E-state index is 12.0. The molecule has 0 radical (unpaired) electrons. The lowest BCUT2D eigenvalue weighted by Crippen LogP contribution is -2.21. The van der Waals surface area contributed by atoms with E-state index in [4.69, 9.17) is 0 Å². The van der Waals surface area contributed by atoms with Crippen molar-refractivity contribution in [3.8, 4) is 0 Å². The van der Waals surface area contributed by atoms with Crippen molar-refractivity contribution in [2.45, 2.75) is 13.5 Å². The molecule has 120 valence electrons. The Kier molecular flexibility index (Phi) is 4.95. The van der Waals surface area contributed by atoms with Crippen LogP contribution in [0.3, 0.4) is 0 Å². The molecule has 0 aliphatic carbocycles. The average Bonchev–Trinajstić information content (AvgIpc) is 2.53. The molecule has 1 N–H and O–H groups in total. The molecule has 0 bridgehead atoms. The normalized spacial score (nSPS) is 10.2. The highest BCUT2D eigenvalue weighted by molar-refractivity contribution is 5.95. The number of nitro benzene ring substituents is 1. The van der Waals surface area contributed by atoms with Gasteiger partial charge in [0.2, 0.25) is 0 Å². The van der Waals surface area contributed by atoms with E-state index >= 15 is 0 Å². The van der Waals surface area contributed by atoms with Crippen LogP contribution >= 0.6 is 0 Å². The van der Waals surface area contributed by atoms with Crippen LogP contribution in [0.2, 0.25) is 0 Å². The van der Waals surface area contributed by atoms with Crippen LogP contribution in [-0.2, 0) is 6.54 Å². The predicted octanol–water partition coefficient (Wildman–Crippen LogP) is 3.22. The van der Waals surface area contributed by atoms with Crippen molar-refractivity contribution in [2.24, 2.45) is 0 Å². The van der Waals surface area contributed by atoms with E-state index in [2.05, 4.69) is 5.32 Å². The van der Waals surface area contributed by atoms with Gasteiger partial charge in [-0.2, -0.15) is 0 Å². The van der Waals surface area contributed by atoms with Crippen molar-refractivity contribution < 1.29 is 9.72 Å². The van der Waals surface area contributed by atoms with Crippen LogP contribution < -0.4 is 5.32 Å². The Hall–Kier alpha value is -2.89. The summed E-state index contributed by atoms with van der Waals surface area (Å²) >= 11 is 0. The topological polar surface area (TPSA) is 75.5 Å². The van der Waals surface area contributed by atoms with Crippen LogP contribution in [0.25, 0.3) is 0 Å². The standard InChI is InChI=1S/C17H19N3O3/c1-12-8-9-13(17(21)19(2)3)10-15(12)18-11-14-6-4-5-7-16(14)20(22)23/h4-10,18H,11H2,1-3H3. The quantitative estimate of drug-likeness (QED) is 0.679. The lowest BCUT2D eigenvalue weighted by atomic mass is 10.1. The van der Waals surface area contributed by atoms with Crippen LogP contribution in [0.1, 0.15) is 21.5 Å². The lowest BCUT2D eigenvalue weighted by molar-refractivity contribution is -0.385. The second-order valence-corrected chi connectivity index (χ2v) is 5.47. The predicted molar refractivity (Wildman–Crippen MR) is 89.6 cm³/mol. The van der Waals surface area contributed by atoms with Crippen molar-refractivity contribution in [3.05, 3.63) is 69.3 Å². The second kappa shape index (κ2) is 6.91. The van der Waals surface area contributed by atoms with E-state index in [1.807, 2.05) is 13.0 Å². The highest BCUT2D eigenvalue weighted by Gasteiger charge is 2.13. The van der Waals surface area contributed by atoms with E-state index in [1.54, 1.807) is 44.4 Å². The van der Waals surface area contributed by atoms with Crippen molar-refractivity contribution in [1.82, 2.24) is 4.90 Å². The van der Waals surface area contributed by atoms with E-state index in [1.165, 1.54) is 11.0 Å². The van der Waals surface area contributed by atoms with Crippen molar-refractivity contribution in [3.63, 3.8) is 0 Å². The number of hydrogen-bond donors (Lipinski definition) is 1. The van der Waals surface area contributed by atoms with E-state index in [9.17, 15) is 14.9 Å². The first-order chi connectivity index (χ1) is 10.9. The number of carbonyl (C=O) groups excluding carboxylic acids is 1. The van der Waals surface area contributed by atoms with E-state index in [-0.39, 0.29) is 11.6 Å². The summed E-state index contributed by atoms with van der Waals surface area (Å²) in [5, 5.41) is 14.2. The zero-order valence-corrected chi connectivity index (χ0v) is 13.4. The first kappa shape index (κ1) is 16.5. The number of nitro groups is 1. The summed E-state index contributed by atoms with van der Waals surface area (Å²) in [4.78, 5) is 24.2. The summed E-state index contributed by atoms with van der Waals surface area (Å²) in [6.45, 7) is 2.24. The summed E-state index contributed by atoms with van der Waals surface area (Å²) in [7, 11) is 3.39. The summed E-state index contributed by atoms with van der Waals surface area (Å²) in [5.74, 6) is -0.0845. The molecule has 2 aromatic rings. The first-order valence-electron chi connectivity index (χ1n) is 7.18. The van der Waals surface area contributed by atoms with Gasteiger partial charge in [0.15, 0.2) is 0 Å². The number of hydrogen-bond acceptors (Lipinski definition) is 4. The SMILES string of the molecule is Cc1ccc(C(=O)N(C)C)cc1NCc1ccccc1[N+](=O)[O-]. The van der Waals surface area contributed by atoms with Crippen molar-refractivity contribution >= 4 is 17.3 Å². The largest absolute Gasteiger partial charge is 0.380 e. The van der Waals surface area contributed by atoms with Crippen LogP contribution in [0.15, 0.2) is 42.5 Å². The molecule has 2 aromatic carbocycles. The Morgan fingerprint density at radius 1 is 1.22 bits per heavy atom. The molecular formula is C17H19N3O3. The molecule has 1 amide bonds. The van der Waals surface area contributed by atoms with Gasteiger partial charge >= 0.3 is 0 Å². The number of nitrogens with one attached hydrogen (secondary N) is 1. The molecule has 0 saturated carbocycles. The molecule has 0 saturated heterocycles. The first-order valence-corrected chi connectivity index (χ1v) is 7.18. The van der Waals surface area contributed by atoms with Gasteiger partial charge in [0.05, 0.1) is 4.92 Å². The Bertz CT molecular complexity index is 742. The number of amides is 1. The smallest absolute Gasteiger partial charge is 0.274 e. The average molecular weight is 313 g/mol. The van der Waals surface area contributed by atoms with E-state index in [0.29, 0.717) is 17.7 Å². The molecule has 0 aromatic heterocycles. The molecule has 0 heterocycles. The number of aryl methyl sites for hydroxylation is 1. The maximum atomic E-state index is 12.0. The maximum Gasteiger partial charge on any atom is 0.274 e. The lowest BCUT2D eigenvalue weighted by Gasteiger charge is -2.14. The van der Waals surface area contributed by atoms with Gasteiger partial charge in [0, 0.05) is 43.5 Å². The van der Waals surface area contributed by atoms with Gasteiger partial charge in [-0.15, -0.1) is 0 Å². The van der Waals surface area contributed by atoms with Gasteiger partial charge < -0.3 is 10.2 Å². The van der Waals surface area contributed by atoms with Crippen LogP contribution in [0.4, 0.5) is 11.4 Å². The van der Waals surface area contributed by atoms with Gasteiger partial charge in [0.25, 0.3) is 11.6 Å². The van der Waals surface area contributed by atoms with E-state index in [0.717, 1.165) is 11.3 Å². The third-order valence-electron chi connectivity index (χ3n) is 3.55. The van der Waals surface area contributed by atoms with Crippen molar-refractivity contribution in [1.29, 1.82) is 0 Å². The number of anilines is 1. The zero-order chi connectivity index (χ0) is 17.0. The molecule has 0 aliphatic rings. The number of para-hydroxylation sites is 1. The van der Waals surface area contributed by atoms with Gasteiger partial charge in [-0.25, -0.2) is 0 Å². The molecule has 2 rings (SSSR count). The fourth-order valence-corrected chi connectivity index (χ4v) is 2.23. The number of rotatable bonds is 5. The van der Waals surface area contributed by atoms with Crippen LogP contribution in [-0.4, -0.2) is 29.8 Å². The molecule has 23 heavy (non-hydrogen) atoms. The van der Waals surface area contributed by atoms with Crippen LogP contribution in [0, 0.1) is 17.0 Å². The molecular weight excluding hydrogens is 294 g/mol. The summed E-state index contributed by atoms with van der Waals surface area (Å²) in [5.41, 5.74) is 3.01. The Morgan fingerprint density at radius 2 is 1.91 bits per heavy atom. The second-order valence-electron chi connectivity index (χ2n) is 5.47. The minimum Gasteiger partial charge on any atom is -0.380 e. The number of benzene rings is 2. The van der Waals surface area contributed by atoms with Crippen LogP contribution in [0.5, 0.6) is 0 Å². The zero-order valence-electron chi connectivity index (χ0n) is 13.4. The highest BCUT2D eigenvalue weighted by Crippen LogP contribution is 2.22. The molecule has 0 spiro atoms. The minimum atomic E-state index is -0.393. The molecule has 0 aliphatic heterocycles. The fraction of sp³-hybridized carbons (Fsp3) is 0.235. The third-order valence-corrected chi connectivity index (χ3v) is 3.55. The summed E-state index contributed by atoms with van der Waals surface area (Å²) in [6.07, 6.45) is 0. The Morgan fingerprint density at radius 3 is 2.57 bits per heavy atom. The highest BCUT2D eigenvalue weighted by atomic mass is 16.6. The number of nitrogens with zero attached hydrogens (tertiary/aromatic N) is 2. The van der Waals surface area contributed by atoms with Gasteiger partial charge in [-0.1, -0.05) is 24.3 Å². The minimum absolute atomic E-state index is 0.0816. The monoisotopic (exact) mass is 313 g/mol. The summed E-state index contributed by atoms with van der Waals surface area (Å²) < 4.78 is 0. The van der Waals surface area contributed by atoms with Gasteiger partial charge in [-0.05, 0) is 24.6 Å². The molecule has 0 fully saturated rings. The Balaban J connectivity index is 2.23. The molecule has 6 heteroatoms. The molecule has 0 atom stereocenters. The molecule has 6 nitrogen and oxygen atoms in total. The summed E-state index contributed by atoms with van der Waals surface area (Å²) in [6, 6.07) is 12.0. The fourth-order valence-electron chi connectivity index (χ4n) is 2.23. The molecule has 0 unspecified atom stereocenters. The van der Waals surface area contributed by atoms with Crippen molar-refractivity contribution in [2.75, 3.05) is 19.4 Å².